The van der Waals surface area contributed by atoms with Crippen molar-refractivity contribution in [1.82, 2.24) is 0 Å². The van der Waals surface area contributed by atoms with Crippen LogP contribution >= 0.6 is 0 Å². The second-order valence-electron chi connectivity index (χ2n) is 4.14. The average molecular weight is 255 g/mol. The normalized spacial score (nSPS) is 11.6. The lowest BCUT2D eigenvalue weighted by Gasteiger charge is -2.03. The SMILES string of the molecule is CC(N)c1ccc(C(=O)Nc2cccc(C#N)c2)o1. The number of carbonyl (C=O) groups is 1. The van der Waals surface area contributed by atoms with Gasteiger partial charge in [0.1, 0.15) is 5.76 Å². The lowest BCUT2D eigenvalue weighted by molar-refractivity contribution is 0.0994. The zero-order chi connectivity index (χ0) is 13.8. The van der Waals surface area contributed by atoms with Crippen LogP contribution in [0.4, 0.5) is 5.69 Å². The molecule has 1 heterocycles. The average Bonchev–Trinajstić information content (AvgIpc) is 2.89. The van der Waals surface area contributed by atoms with E-state index < -0.39 is 0 Å². The first-order valence-electron chi connectivity index (χ1n) is 5.77. The van der Waals surface area contributed by atoms with Gasteiger partial charge in [0, 0.05) is 5.69 Å². The summed E-state index contributed by atoms with van der Waals surface area (Å²) in [5.41, 5.74) is 6.68. The molecule has 0 bridgehead atoms. The number of benzene rings is 1. The Morgan fingerprint density at radius 1 is 1.42 bits per heavy atom. The largest absolute Gasteiger partial charge is 0.454 e. The van der Waals surface area contributed by atoms with Crippen molar-refractivity contribution in [2.75, 3.05) is 5.32 Å². The number of anilines is 1. The standard InChI is InChI=1S/C14H13N3O2/c1-9(16)12-5-6-13(19-12)14(18)17-11-4-2-3-10(7-11)8-15/h2-7,9H,16H2,1H3,(H,17,18). The summed E-state index contributed by atoms with van der Waals surface area (Å²) in [5, 5.41) is 11.4. The van der Waals surface area contributed by atoms with Gasteiger partial charge in [0.05, 0.1) is 17.7 Å². The maximum absolute atomic E-state index is 11.9. The molecule has 2 rings (SSSR count). The molecule has 0 aliphatic heterocycles. The number of carbonyl (C=O) groups excluding carboxylic acids is 1. The molecule has 0 aliphatic rings. The van der Waals surface area contributed by atoms with Gasteiger partial charge in [-0.1, -0.05) is 6.07 Å². The summed E-state index contributed by atoms with van der Waals surface area (Å²) >= 11 is 0. The van der Waals surface area contributed by atoms with E-state index >= 15 is 0 Å². The molecule has 1 unspecified atom stereocenters. The monoisotopic (exact) mass is 255 g/mol. The molecule has 0 aliphatic carbocycles. The van der Waals surface area contributed by atoms with E-state index in [1.165, 1.54) is 0 Å². The van der Waals surface area contributed by atoms with Crippen LogP contribution in [0.2, 0.25) is 0 Å². The molecule has 5 heteroatoms. The number of hydrogen-bond acceptors (Lipinski definition) is 4. The van der Waals surface area contributed by atoms with E-state index in [-0.39, 0.29) is 17.7 Å². The van der Waals surface area contributed by atoms with Crippen molar-refractivity contribution in [2.45, 2.75) is 13.0 Å². The van der Waals surface area contributed by atoms with Crippen LogP contribution in [-0.2, 0) is 0 Å². The first-order valence-corrected chi connectivity index (χ1v) is 5.77. The highest BCUT2D eigenvalue weighted by Crippen LogP contribution is 2.16. The van der Waals surface area contributed by atoms with Gasteiger partial charge >= 0.3 is 0 Å². The fourth-order valence-corrected chi connectivity index (χ4v) is 1.58. The number of nitrogens with one attached hydrogen (secondary N) is 1. The smallest absolute Gasteiger partial charge is 0.291 e. The van der Waals surface area contributed by atoms with E-state index in [0.717, 1.165) is 0 Å². The Morgan fingerprint density at radius 2 is 2.21 bits per heavy atom. The Kier molecular flexibility index (Phi) is 3.64. The molecule has 1 aromatic carbocycles. The fraction of sp³-hybridized carbons (Fsp3) is 0.143. The fourth-order valence-electron chi connectivity index (χ4n) is 1.58. The molecule has 0 saturated heterocycles. The number of hydrogen-bond donors (Lipinski definition) is 2. The van der Waals surface area contributed by atoms with Gasteiger partial charge in [0.15, 0.2) is 5.76 Å². The van der Waals surface area contributed by atoms with Crippen molar-refractivity contribution < 1.29 is 9.21 Å². The van der Waals surface area contributed by atoms with Crippen molar-refractivity contribution in [1.29, 1.82) is 5.26 Å². The number of nitrogens with two attached hydrogens (primary N) is 1. The maximum Gasteiger partial charge on any atom is 0.291 e. The minimum absolute atomic E-state index is 0.190. The number of furan rings is 1. The van der Waals surface area contributed by atoms with Crippen LogP contribution in [0.25, 0.3) is 0 Å². The van der Waals surface area contributed by atoms with E-state index in [1.54, 1.807) is 43.3 Å². The van der Waals surface area contributed by atoms with Gasteiger partial charge in [-0.2, -0.15) is 5.26 Å². The molecule has 3 N–H and O–H groups in total. The van der Waals surface area contributed by atoms with Gasteiger partial charge in [-0.25, -0.2) is 0 Å². The molecular weight excluding hydrogens is 242 g/mol. The molecule has 5 nitrogen and oxygen atoms in total. The lowest BCUT2D eigenvalue weighted by Crippen LogP contribution is -2.11. The molecule has 0 saturated carbocycles. The van der Waals surface area contributed by atoms with Gasteiger partial charge < -0.3 is 15.5 Å². The zero-order valence-electron chi connectivity index (χ0n) is 10.4. The van der Waals surface area contributed by atoms with Crippen LogP contribution in [0.3, 0.4) is 0 Å². The van der Waals surface area contributed by atoms with Gasteiger partial charge in [-0.05, 0) is 37.3 Å². The number of rotatable bonds is 3. The van der Waals surface area contributed by atoms with Crippen molar-refractivity contribution in [2.24, 2.45) is 5.73 Å². The summed E-state index contributed by atoms with van der Waals surface area (Å²) in [6.07, 6.45) is 0. The summed E-state index contributed by atoms with van der Waals surface area (Å²) in [6, 6.07) is 11.6. The molecule has 1 atom stereocenters. The first-order chi connectivity index (χ1) is 9.10. The van der Waals surface area contributed by atoms with Gasteiger partial charge in [-0.3, -0.25) is 4.79 Å². The van der Waals surface area contributed by atoms with Gasteiger partial charge in [-0.15, -0.1) is 0 Å². The van der Waals surface area contributed by atoms with Crippen LogP contribution in [-0.4, -0.2) is 5.91 Å². The van der Waals surface area contributed by atoms with Gasteiger partial charge in [0.2, 0.25) is 0 Å². The van der Waals surface area contributed by atoms with Gasteiger partial charge in [0.25, 0.3) is 5.91 Å². The van der Waals surface area contributed by atoms with Crippen LogP contribution in [0, 0.1) is 11.3 Å². The number of nitrogens with zero attached hydrogens (tertiary/aromatic N) is 1. The predicted octanol–water partition coefficient (Wildman–Crippen LogP) is 2.42. The lowest BCUT2D eigenvalue weighted by atomic mass is 10.2. The molecule has 96 valence electrons. The Morgan fingerprint density at radius 3 is 2.84 bits per heavy atom. The Labute approximate surface area is 110 Å². The molecule has 0 spiro atoms. The van der Waals surface area contributed by atoms with E-state index in [9.17, 15) is 4.79 Å². The number of amides is 1. The molecule has 2 aromatic rings. The van der Waals surface area contributed by atoms with Crippen LogP contribution < -0.4 is 11.1 Å². The summed E-state index contributed by atoms with van der Waals surface area (Å²) in [5.74, 6) is 0.368. The highest BCUT2D eigenvalue weighted by molar-refractivity contribution is 6.02. The predicted molar refractivity (Wildman–Crippen MR) is 70.4 cm³/mol. The van der Waals surface area contributed by atoms with E-state index in [4.69, 9.17) is 15.4 Å². The second-order valence-corrected chi connectivity index (χ2v) is 4.14. The molecule has 1 aromatic heterocycles. The third kappa shape index (κ3) is 3.00. The highest BCUT2D eigenvalue weighted by atomic mass is 16.4. The van der Waals surface area contributed by atoms with Crippen molar-refractivity contribution >= 4 is 11.6 Å². The van der Waals surface area contributed by atoms with E-state index in [1.807, 2.05) is 6.07 Å². The highest BCUT2D eigenvalue weighted by Gasteiger charge is 2.13. The van der Waals surface area contributed by atoms with Crippen LogP contribution in [0.15, 0.2) is 40.8 Å². The van der Waals surface area contributed by atoms with Crippen molar-refractivity contribution in [3.63, 3.8) is 0 Å². The first kappa shape index (κ1) is 12.9. The number of nitriles is 1. The van der Waals surface area contributed by atoms with E-state index in [0.29, 0.717) is 17.0 Å². The van der Waals surface area contributed by atoms with Crippen molar-refractivity contribution in [3.8, 4) is 6.07 Å². The minimum atomic E-state index is -0.373. The minimum Gasteiger partial charge on any atom is -0.454 e. The van der Waals surface area contributed by atoms with E-state index in [2.05, 4.69) is 5.32 Å². The summed E-state index contributed by atoms with van der Waals surface area (Å²) in [6.45, 7) is 1.77. The summed E-state index contributed by atoms with van der Waals surface area (Å²) < 4.78 is 5.33. The molecule has 19 heavy (non-hydrogen) atoms. The summed E-state index contributed by atoms with van der Waals surface area (Å²) in [4.78, 5) is 11.9. The zero-order valence-corrected chi connectivity index (χ0v) is 10.4. The quantitative estimate of drug-likeness (QED) is 0.880. The topological polar surface area (TPSA) is 92.0 Å². The Hall–Kier alpha value is -2.58. The van der Waals surface area contributed by atoms with Crippen LogP contribution in [0.5, 0.6) is 0 Å². The third-order valence-electron chi connectivity index (χ3n) is 2.55. The summed E-state index contributed by atoms with van der Waals surface area (Å²) in [7, 11) is 0. The molecule has 0 radical (unpaired) electrons. The Balaban J connectivity index is 2.14. The second kappa shape index (κ2) is 5.38. The van der Waals surface area contributed by atoms with Crippen molar-refractivity contribution in [3.05, 3.63) is 53.5 Å². The molecule has 1 amide bonds. The maximum atomic E-state index is 11.9. The molecule has 0 fully saturated rings. The third-order valence-corrected chi connectivity index (χ3v) is 2.55. The Bertz CT molecular complexity index is 638. The molecular formula is C14H13N3O2. The van der Waals surface area contributed by atoms with Crippen LogP contribution in [0.1, 0.15) is 34.8 Å².